The molecule has 0 saturated carbocycles. The van der Waals surface area contributed by atoms with Gasteiger partial charge in [0.25, 0.3) is 0 Å². The van der Waals surface area contributed by atoms with Gasteiger partial charge in [-0.3, -0.25) is 0 Å². The zero-order valence-electron chi connectivity index (χ0n) is 5.96. The number of hydrogen-bond acceptors (Lipinski definition) is 2. The van der Waals surface area contributed by atoms with Gasteiger partial charge < -0.3 is 5.73 Å². The van der Waals surface area contributed by atoms with Crippen molar-refractivity contribution >= 4 is 12.4 Å². The second kappa shape index (κ2) is 5.04. The third kappa shape index (κ3) is 2.82. The summed E-state index contributed by atoms with van der Waals surface area (Å²) in [5.41, 5.74) is 5.82. The summed E-state index contributed by atoms with van der Waals surface area (Å²) in [4.78, 5) is 3.48. The van der Waals surface area contributed by atoms with Gasteiger partial charge in [-0.1, -0.05) is 6.07 Å². The van der Waals surface area contributed by atoms with Gasteiger partial charge >= 0.3 is 0 Å². The van der Waals surface area contributed by atoms with E-state index in [2.05, 4.69) is 4.98 Å². The van der Waals surface area contributed by atoms with E-state index < -0.39 is 5.95 Å². The number of pyridine rings is 1. The Hall–Kier alpha value is -0.670. The van der Waals surface area contributed by atoms with Crippen LogP contribution in [0.1, 0.15) is 5.56 Å². The number of rotatable bonds is 2. The van der Waals surface area contributed by atoms with E-state index in [0.717, 1.165) is 0 Å². The van der Waals surface area contributed by atoms with Crippen LogP contribution in [-0.4, -0.2) is 11.5 Å². The molecule has 0 unspecified atom stereocenters. The largest absolute Gasteiger partial charge is 0.330 e. The molecule has 11 heavy (non-hydrogen) atoms. The van der Waals surface area contributed by atoms with Crippen molar-refractivity contribution < 1.29 is 4.39 Å². The van der Waals surface area contributed by atoms with Crippen molar-refractivity contribution in [1.29, 1.82) is 0 Å². The maximum atomic E-state index is 12.6. The first-order valence-electron chi connectivity index (χ1n) is 3.14. The van der Waals surface area contributed by atoms with Crippen LogP contribution in [0.25, 0.3) is 0 Å². The Balaban J connectivity index is 0.000001000. The third-order valence-electron chi connectivity index (χ3n) is 1.25. The molecule has 62 valence electrons. The predicted octanol–water partition coefficient (Wildman–Crippen LogP) is 1.14. The molecule has 0 bridgehead atoms. The summed E-state index contributed by atoms with van der Waals surface area (Å²) in [6.07, 6.45) is 1.98. The quantitative estimate of drug-likeness (QED) is 0.687. The molecule has 1 aromatic rings. The van der Waals surface area contributed by atoms with E-state index in [1.165, 1.54) is 6.20 Å². The highest BCUT2D eigenvalue weighted by atomic mass is 35.5. The fraction of sp³-hybridized carbons (Fsp3) is 0.286. The van der Waals surface area contributed by atoms with Crippen LogP contribution in [0.2, 0.25) is 0 Å². The minimum atomic E-state index is -0.409. The molecule has 0 aromatic carbocycles. The van der Waals surface area contributed by atoms with Crippen LogP contribution in [0.4, 0.5) is 4.39 Å². The Labute approximate surface area is 71.0 Å². The molecule has 4 heteroatoms. The summed E-state index contributed by atoms with van der Waals surface area (Å²) in [6.45, 7) is 0.461. The molecule has 0 spiro atoms. The van der Waals surface area contributed by atoms with Crippen molar-refractivity contribution in [3.8, 4) is 0 Å². The molecule has 0 atom stereocenters. The molecule has 0 radical (unpaired) electrons. The maximum absolute atomic E-state index is 12.6. The van der Waals surface area contributed by atoms with E-state index in [-0.39, 0.29) is 12.4 Å². The van der Waals surface area contributed by atoms with Crippen molar-refractivity contribution in [2.45, 2.75) is 6.42 Å². The van der Waals surface area contributed by atoms with Crippen molar-refractivity contribution in [3.63, 3.8) is 0 Å². The van der Waals surface area contributed by atoms with Crippen molar-refractivity contribution in [3.05, 3.63) is 29.8 Å². The van der Waals surface area contributed by atoms with E-state index >= 15 is 0 Å². The standard InChI is InChI=1S/C7H9FN2.ClH/c8-7-6(3-4-9)2-1-5-10-7;/h1-2,5H,3-4,9H2;1H. The van der Waals surface area contributed by atoms with Crippen LogP contribution >= 0.6 is 12.4 Å². The maximum Gasteiger partial charge on any atom is 0.216 e. The van der Waals surface area contributed by atoms with Gasteiger partial charge in [0.05, 0.1) is 0 Å². The molecule has 0 aliphatic carbocycles. The molecular formula is C7H10ClFN2. The van der Waals surface area contributed by atoms with Gasteiger partial charge in [0.2, 0.25) is 5.95 Å². The molecule has 0 aliphatic rings. The second-order valence-electron chi connectivity index (χ2n) is 1.99. The second-order valence-corrected chi connectivity index (χ2v) is 1.99. The first kappa shape index (κ1) is 10.3. The van der Waals surface area contributed by atoms with E-state index in [9.17, 15) is 4.39 Å². The number of halogens is 2. The Bertz CT molecular complexity index is 217. The van der Waals surface area contributed by atoms with Gasteiger partial charge in [0.1, 0.15) is 0 Å². The lowest BCUT2D eigenvalue weighted by atomic mass is 10.2. The number of hydrogen-bond donors (Lipinski definition) is 1. The summed E-state index contributed by atoms with van der Waals surface area (Å²) in [5, 5.41) is 0. The van der Waals surface area contributed by atoms with Gasteiger partial charge in [0, 0.05) is 11.8 Å². The first-order chi connectivity index (χ1) is 4.84. The molecule has 1 heterocycles. The zero-order chi connectivity index (χ0) is 7.40. The number of nitrogens with zero attached hydrogens (tertiary/aromatic N) is 1. The van der Waals surface area contributed by atoms with E-state index in [0.29, 0.717) is 18.5 Å². The molecule has 0 fully saturated rings. The van der Waals surface area contributed by atoms with Gasteiger partial charge in [-0.15, -0.1) is 12.4 Å². The lowest BCUT2D eigenvalue weighted by Gasteiger charge is -1.96. The molecule has 2 nitrogen and oxygen atoms in total. The SMILES string of the molecule is Cl.NCCc1cccnc1F. The molecule has 0 aliphatic heterocycles. The Morgan fingerprint density at radius 1 is 1.55 bits per heavy atom. The number of nitrogens with two attached hydrogens (primary N) is 1. The molecule has 0 amide bonds. The third-order valence-corrected chi connectivity index (χ3v) is 1.25. The fourth-order valence-electron chi connectivity index (χ4n) is 0.761. The summed E-state index contributed by atoms with van der Waals surface area (Å²) < 4.78 is 12.6. The van der Waals surface area contributed by atoms with Gasteiger partial charge in [-0.05, 0) is 19.0 Å². The van der Waals surface area contributed by atoms with Crippen LogP contribution in [0.5, 0.6) is 0 Å². The van der Waals surface area contributed by atoms with Crippen molar-refractivity contribution in [2.75, 3.05) is 6.54 Å². The average Bonchev–Trinajstić information content (AvgIpc) is 1.94. The van der Waals surface area contributed by atoms with E-state index in [4.69, 9.17) is 5.73 Å². The lowest BCUT2D eigenvalue weighted by Crippen LogP contribution is -2.04. The van der Waals surface area contributed by atoms with Crippen molar-refractivity contribution in [2.24, 2.45) is 5.73 Å². The predicted molar refractivity (Wildman–Crippen MR) is 44.2 cm³/mol. The highest BCUT2D eigenvalue weighted by Crippen LogP contribution is 2.01. The zero-order valence-corrected chi connectivity index (χ0v) is 6.77. The van der Waals surface area contributed by atoms with Gasteiger partial charge in [0.15, 0.2) is 0 Å². The first-order valence-corrected chi connectivity index (χ1v) is 3.14. The molecule has 1 aromatic heterocycles. The van der Waals surface area contributed by atoms with E-state index in [1.807, 2.05) is 0 Å². The van der Waals surface area contributed by atoms with E-state index in [1.54, 1.807) is 12.1 Å². The normalized spacial score (nSPS) is 8.91. The molecule has 0 saturated heterocycles. The Kier molecular flexibility index (Phi) is 4.74. The lowest BCUT2D eigenvalue weighted by molar-refractivity contribution is 0.566. The highest BCUT2D eigenvalue weighted by molar-refractivity contribution is 5.85. The van der Waals surface area contributed by atoms with Gasteiger partial charge in [-0.2, -0.15) is 4.39 Å². The Morgan fingerprint density at radius 2 is 2.27 bits per heavy atom. The van der Waals surface area contributed by atoms with Crippen LogP contribution < -0.4 is 5.73 Å². The topological polar surface area (TPSA) is 38.9 Å². The fourth-order valence-corrected chi connectivity index (χ4v) is 0.761. The summed E-state index contributed by atoms with van der Waals surface area (Å²) in [6, 6.07) is 3.39. The smallest absolute Gasteiger partial charge is 0.216 e. The van der Waals surface area contributed by atoms with Crippen LogP contribution in [0, 0.1) is 5.95 Å². The highest BCUT2D eigenvalue weighted by Gasteiger charge is 1.98. The minimum Gasteiger partial charge on any atom is -0.330 e. The Morgan fingerprint density at radius 3 is 2.82 bits per heavy atom. The van der Waals surface area contributed by atoms with Crippen LogP contribution in [-0.2, 0) is 6.42 Å². The summed E-state index contributed by atoms with van der Waals surface area (Å²) in [7, 11) is 0. The van der Waals surface area contributed by atoms with Crippen LogP contribution in [0.15, 0.2) is 18.3 Å². The monoisotopic (exact) mass is 176 g/mol. The van der Waals surface area contributed by atoms with Gasteiger partial charge in [-0.25, -0.2) is 4.98 Å². The molecule has 2 N–H and O–H groups in total. The summed E-state index contributed by atoms with van der Waals surface area (Å²) in [5.74, 6) is -0.409. The minimum absolute atomic E-state index is 0. The van der Waals surface area contributed by atoms with Crippen molar-refractivity contribution in [1.82, 2.24) is 4.98 Å². The summed E-state index contributed by atoms with van der Waals surface area (Å²) >= 11 is 0. The number of aromatic nitrogens is 1. The molecule has 1 rings (SSSR count). The average molecular weight is 177 g/mol. The molecular weight excluding hydrogens is 167 g/mol. The van der Waals surface area contributed by atoms with Crippen LogP contribution in [0.3, 0.4) is 0 Å².